The molecule has 0 spiro atoms. The van der Waals surface area contributed by atoms with Crippen LogP contribution >= 0.6 is 11.6 Å². The van der Waals surface area contributed by atoms with Gasteiger partial charge >= 0.3 is 6.03 Å². The number of carbonyl (C=O) groups excluding carboxylic acids is 1. The Morgan fingerprint density at radius 2 is 2.13 bits per heavy atom. The van der Waals surface area contributed by atoms with E-state index >= 15 is 0 Å². The molecular weight excluding hydrogens is 219 g/mol. The van der Waals surface area contributed by atoms with Crippen LogP contribution in [-0.2, 0) is 0 Å². The van der Waals surface area contributed by atoms with E-state index in [0.29, 0.717) is 0 Å². The molecule has 1 rings (SSSR count). The van der Waals surface area contributed by atoms with Crippen molar-refractivity contribution in [2.45, 2.75) is 19.9 Å². The topological polar surface area (TPSA) is 41.1 Å². The Morgan fingerprint density at radius 1 is 1.47 bits per heavy atom. The molecule has 0 unspecified atom stereocenters. The fourth-order valence-electron chi connectivity index (χ4n) is 1.03. The second-order valence-corrected chi connectivity index (χ2v) is 3.76. The van der Waals surface area contributed by atoms with Crippen LogP contribution in [0.25, 0.3) is 0 Å². The van der Waals surface area contributed by atoms with Gasteiger partial charge < -0.3 is 10.6 Å². The maximum Gasteiger partial charge on any atom is 0.319 e. The van der Waals surface area contributed by atoms with Crippen LogP contribution in [0.15, 0.2) is 18.2 Å². The zero-order valence-corrected chi connectivity index (χ0v) is 9.23. The number of para-hydroxylation sites is 1. The number of urea groups is 1. The van der Waals surface area contributed by atoms with E-state index in [9.17, 15) is 9.18 Å². The van der Waals surface area contributed by atoms with Crippen molar-refractivity contribution in [3.05, 3.63) is 29.0 Å². The van der Waals surface area contributed by atoms with Crippen molar-refractivity contribution in [3.8, 4) is 0 Å². The van der Waals surface area contributed by atoms with Gasteiger partial charge in [0, 0.05) is 6.04 Å². The minimum Gasteiger partial charge on any atom is -0.336 e. The quantitative estimate of drug-likeness (QED) is 0.806. The Kier molecular flexibility index (Phi) is 3.91. The standard InChI is InChI=1S/C10H12ClFN2O/c1-6(2)13-10(15)14-9-7(11)4-3-5-8(9)12/h3-6H,1-2H3,(H2,13,14,15). The molecule has 0 saturated carbocycles. The van der Waals surface area contributed by atoms with E-state index in [1.165, 1.54) is 18.2 Å². The minimum absolute atomic E-state index is 0.00248. The highest BCUT2D eigenvalue weighted by atomic mass is 35.5. The van der Waals surface area contributed by atoms with Crippen molar-refractivity contribution in [1.29, 1.82) is 0 Å². The first-order valence-corrected chi connectivity index (χ1v) is 4.90. The molecule has 0 aromatic heterocycles. The van der Waals surface area contributed by atoms with Gasteiger partial charge in [-0.15, -0.1) is 0 Å². The summed E-state index contributed by atoms with van der Waals surface area (Å²) in [6.07, 6.45) is 0. The predicted molar refractivity (Wildman–Crippen MR) is 58.7 cm³/mol. The number of benzene rings is 1. The lowest BCUT2D eigenvalue weighted by molar-refractivity contribution is 0.250. The van der Waals surface area contributed by atoms with Crippen LogP contribution in [-0.4, -0.2) is 12.1 Å². The summed E-state index contributed by atoms with van der Waals surface area (Å²) < 4.78 is 13.2. The van der Waals surface area contributed by atoms with Crippen LogP contribution in [0.3, 0.4) is 0 Å². The van der Waals surface area contributed by atoms with E-state index in [-0.39, 0.29) is 16.8 Å². The lowest BCUT2D eigenvalue weighted by Crippen LogP contribution is -2.34. The van der Waals surface area contributed by atoms with Crippen LogP contribution in [0.1, 0.15) is 13.8 Å². The summed E-state index contributed by atoms with van der Waals surface area (Å²) in [6.45, 7) is 3.62. The average Bonchev–Trinajstić information content (AvgIpc) is 2.10. The number of nitrogens with one attached hydrogen (secondary N) is 2. The molecule has 3 nitrogen and oxygen atoms in total. The molecule has 2 N–H and O–H groups in total. The molecule has 15 heavy (non-hydrogen) atoms. The molecule has 0 aliphatic rings. The largest absolute Gasteiger partial charge is 0.336 e. The molecule has 0 aliphatic carbocycles. The molecule has 0 bridgehead atoms. The summed E-state index contributed by atoms with van der Waals surface area (Å²) in [7, 11) is 0. The predicted octanol–water partition coefficient (Wildman–Crippen LogP) is 3.01. The number of carbonyl (C=O) groups is 1. The van der Waals surface area contributed by atoms with Gasteiger partial charge in [0.2, 0.25) is 0 Å². The summed E-state index contributed by atoms with van der Waals surface area (Å²) in [5.74, 6) is -0.554. The Balaban J connectivity index is 2.76. The SMILES string of the molecule is CC(C)NC(=O)Nc1c(F)cccc1Cl. The van der Waals surface area contributed by atoms with E-state index in [0.717, 1.165) is 0 Å². The van der Waals surface area contributed by atoms with E-state index < -0.39 is 11.8 Å². The lowest BCUT2D eigenvalue weighted by atomic mass is 10.3. The first-order valence-electron chi connectivity index (χ1n) is 4.52. The third-order valence-corrected chi connectivity index (χ3v) is 1.94. The van der Waals surface area contributed by atoms with Gasteiger partial charge in [-0.25, -0.2) is 9.18 Å². The van der Waals surface area contributed by atoms with Crippen molar-refractivity contribution in [3.63, 3.8) is 0 Å². The highest BCUT2D eigenvalue weighted by Crippen LogP contribution is 2.24. The highest BCUT2D eigenvalue weighted by molar-refractivity contribution is 6.33. The van der Waals surface area contributed by atoms with Crippen molar-refractivity contribution >= 4 is 23.3 Å². The Labute approximate surface area is 92.6 Å². The number of anilines is 1. The lowest BCUT2D eigenvalue weighted by Gasteiger charge is -2.11. The Bertz CT molecular complexity index is 348. The summed E-state index contributed by atoms with van der Waals surface area (Å²) in [5, 5.41) is 5.10. The number of hydrogen-bond acceptors (Lipinski definition) is 1. The summed E-state index contributed by atoms with van der Waals surface area (Å²) in [5.41, 5.74) is -0.00248. The molecule has 2 amide bonds. The molecule has 0 saturated heterocycles. The van der Waals surface area contributed by atoms with Gasteiger partial charge in [0.15, 0.2) is 0 Å². The molecule has 0 radical (unpaired) electrons. The minimum atomic E-state index is -0.554. The molecule has 0 heterocycles. The summed E-state index contributed by atoms with van der Waals surface area (Å²) in [4.78, 5) is 11.3. The van der Waals surface area contributed by atoms with Gasteiger partial charge in [0.05, 0.1) is 10.7 Å². The summed E-state index contributed by atoms with van der Waals surface area (Å²) in [6, 6.07) is 3.72. The van der Waals surface area contributed by atoms with Gasteiger partial charge in [0.1, 0.15) is 5.82 Å². The van der Waals surface area contributed by atoms with Crippen LogP contribution in [0.2, 0.25) is 5.02 Å². The number of hydrogen-bond donors (Lipinski definition) is 2. The van der Waals surface area contributed by atoms with Crippen LogP contribution in [0.4, 0.5) is 14.9 Å². The van der Waals surface area contributed by atoms with E-state index in [1.807, 2.05) is 13.8 Å². The van der Waals surface area contributed by atoms with Crippen molar-refractivity contribution < 1.29 is 9.18 Å². The average molecular weight is 231 g/mol. The fraction of sp³-hybridized carbons (Fsp3) is 0.300. The van der Waals surface area contributed by atoms with E-state index in [2.05, 4.69) is 10.6 Å². The fourth-order valence-corrected chi connectivity index (χ4v) is 1.24. The van der Waals surface area contributed by atoms with Gasteiger partial charge in [-0.2, -0.15) is 0 Å². The monoisotopic (exact) mass is 230 g/mol. The van der Waals surface area contributed by atoms with Crippen molar-refractivity contribution in [2.75, 3.05) is 5.32 Å². The number of rotatable bonds is 2. The second kappa shape index (κ2) is 4.98. The van der Waals surface area contributed by atoms with Crippen molar-refractivity contribution in [1.82, 2.24) is 5.32 Å². The van der Waals surface area contributed by atoms with Gasteiger partial charge in [-0.05, 0) is 26.0 Å². The smallest absolute Gasteiger partial charge is 0.319 e. The van der Waals surface area contributed by atoms with Crippen LogP contribution in [0.5, 0.6) is 0 Å². The zero-order valence-electron chi connectivity index (χ0n) is 8.47. The highest BCUT2D eigenvalue weighted by Gasteiger charge is 2.10. The van der Waals surface area contributed by atoms with Crippen LogP contribution < -0.4 is 10.6 Å². The van der Waals surface area contributed by atoms with Crippen LogP contribution in [0, 0.1) is 5.82 Å². The normalized spacial score (nSPS) is 10.2. The molecule has 5 heteroatoms. The Morgan fingerprint density at radius 3 is 2.67 bits per heavy atom. The maximum absolute atomic E-state index is 13.2. The molecule has 1 aromatic carbocycles. The molecular formula is C10H12ClFN2O. The van der Waals surface area contributed by atoms with E-state index in [4.69, 9.17) is 11.6 Å². The molecule has 0 fully saturated rings. The third kappa shape index (κ3) is 3.40. The molecule has 82 valence electrons. The molecule has 0 atom stereocenters. The first-order chi connectivity index (χ1) is 7.00. The van der Waals surface area contributed by atoms with Crippen molar-refractivity contribution in [2.24, 2.45) is 0 Å². The molecule has 1 aromatic rings. The zero-order chi connectivity index (χ0) is 11.4. The molecule has 0 aliphatic heterocycles. The van der Waals surface area contributed by atoms with E-state index in [1.54, 1.807) is 0 Å². The van der Waals surface area contributed by atoms with Gasteiger partial charge in [-0.1, -0.05) is 17.7 Å². The Hall–Kier alpha value is -1.29. The first kappa shape index (κ1) is 11.8. The van der Waals surface area contributed by atoms with Gasteiger partial charge in [0.25, 0.3) is 0 Å². The summed E-state index contributed by atoms with van der Waals surface area (Å²) >= 11 is 5.73. The number of halogens is 2. The maximum atomic E-state index is 13.2. The van der Waals surface area contributed by atoms with Gasteiger partial charge in [-0.3, -0.25) is 0 Å². The second-order valence-electron chi connectivity index (χ2n) is 3.35. The third-order valence-electron chi connectivity index (χ3n) is 1.62. The number of amides is 2.